The van der Waals surface area contributed by atoms with Crippen molar-refractivity contribution in [3.05, 3.63) is 0 Å². The molecule has 0 aromatic carbocycles. The zero-order valence-corrected chi connectivity index (χ0v) is 15.3. The Morgan fingerprint density at radius 3 is 1.21 bits per heavy atom. The van der Waals surface area contributed by atoms with Crippen molar-refractivity contribution in [2.75, 3.05) is 6.54 Å². The van der Waals surface area contributed by atoms with Crippen LogP contribution in [0.4, 0.5) is 0 Å². The van der Waals surface area contributed by atoms with Crippen LogP contribution < -0.4 is 4.34 Å². The second kappa shape index (κ2) is 21.0. The summed E-state index contributed by atoms with van der Waals surface area (Å²) in [6.07, 6.45) is 20.1. The monoisotopic (exact) mass is 355 g/mol. The van der Waals surface area contributed by atoms with E-state index in [1.165, 1.54) is 89.9 Å². The number of halogens is 2. The third kappa shape index (κ3) is 21.2. The Labute approximate surface area is 136 Å². The minimum atomic E-state index is 0. The smallest absolute Gasteiger partial charge is 0.00875 e. The molecular formula is C16H35BrClN. The van der Waals surface area contributed by atoms with Gasteiger partial charge < -0.3 is 0 Å². The molecule has 0 amide bonds. The molecule has 0 fully saturated rings. The van der Waals surface area contributed by atoms with Crippen molar-refractivity contribution >= 4 is 28.6 Å². The SMILES string of the molecule is CCCCCCCCCCCCCCCCNBr.Cl. The molecule has 0 saturated heterocycles. The van der Waals surface area contributed by atoms with E-state index in [4.69, 9.17) is 0 Å². The van der Waals surface area contributed by atoms with Crippen LogP contribution in [0.3, 0.4) is 0 Å². The second-order valence-corrected chi connectivity index (χ2v) is 6.04. The van der Waals surface area contributed by atoms with Gasteiger partial charge in [-0.2, -0.15) is 0 Å². The second-order valence-electron chi connectivity index (χ2n) is 5.48. The molecule has 19 heavy (non-hydrogen) atoms. The molecule has 0 spiro atoms. The molecule has 0 aliphatic rings. The maximum atomic E-state index is 3.24. The highest BCUT2D eigenvalue weighted by Crippen LogP contribution is 2.12. The lowest BCUT2D eigenvalue weighted by Gasteiger charge is -2.03. The normalized spacial score (nSPS) is 10.4. The molecule has 0 bridgehead atoms. The molecule has 118 valence electrons. The third-order valence-electron chi connectivity index (χ3n) is 3.62. The number of hydrogen-bond acceptors (Lipinski definition) is 1. The molecule has 0 heterocycles. The Balaban J connectivity index is 0. The summed E-state index contributed by atoms with van der Waals surface area (Å²) in [6, 6.07) is 0. The van der Waals surface area contributed by atoms with Gasteiger partial charge in [0.1, 0.15) is 0 Å². The molecule has 0 aliphatic carbocycles. The molecule has 0 saturated carbocycles. The summed E-state index contributed by atoms with van der Waals surface area (Å²) in [5.41, 5.74) is 0. The summed E-state index contributed by atoms with van der Waals surface area (Å²) in [6.45, 7) is 3.40. The molecular weight excluding hydrogens is 322 g/mol. The molecule has 1 N–H and O–H groups in total. The minimum absolute atomic E-state index is 0. The Morgan fingerprint density at radius 2 is 0.895 bits per heavy atom. The lowest BCUT2D eigenvalue weighted by molar-refractivity contribution is 0.535. The van der Waals surface area contributed by atoms with E-state index in [0.29, 0.717) is 0 Å². The van der Waals surface area contributed by atoms with Gasteiger partial charge in [0.15, 0.2) is 0 Å². The van der Waals surface area contributed by atoms with E-state index in [-0.39, 0.29) is 12.4 Å². The summed E-state index contributed by atoms with van der Waals surface area (Å²) in [5, 5.41) is 0. The Kier molecular flexibility index (Phi) is 24.4. The molecule has 1 nitrogen and oxygen atoms in total. The van der Waals surface area contributed by atoms with Gasteiger partial charge in [-0.15, -0.1) is 12.4 Å². The predicted molar refractivity (Wildman–Crippen MR) is 94.5 cm³/mol. The van der Waals surface area contributed by atoms with Gasteiger partial charge in [-0.05, 0) is 6.42 Å². The van der Waals surface area contributed by atoms with Gasteiger partial charge >= 0.3 is 0 Å². The van der Waals surface area contributed by atoms with E-state index in [0.717, 1.165) is 6.54 Å². The number of rotatable bonds is 15. The zero-order valence-electron chi connectivity index (χ0n) is 12.9. The Morgan fingerprint density at radius 1 is 0.579 bits per heavy atom. The van der Waals surface area contributed by atoms with Crippen LogP contribution in [-0.2, 0) is 0 Å². The number of unbranched alkanes of at least 4 members (excludes halogenated alkanes) is 13. The van der Waals surface area contributed by atoms with Gasteiger partial charge in [0.25, 0.3) is 0 Å². The van der Waals surface area contributed by atoms with Gasteiger partial charge in [-0.25, -0.2) is 0 Å². The molecule has 3 heteroatoms. The average molecular weight is 357 g/mol. The quantitative estimate of drug-likeness (QED) is 0.251. The molecule has 0 unspecified atom stereocenters. The van der Waals surface area contributed by atoms with Crippen molar-refractivity contribution in [3.63, 3.8) is 0 Å². The highest BCUT2D eigenvalue weighted by atomic mass is 79.9. The standard InChI is InChI=1S/C16H34BrN.ClH/c1-2-3-4-5-6-7-8-9-10-11-12-13-14-15-16-18-17;/h18H,2-16H2,1H3;1H. The lowest BCUT2D eigenvalue weighted by atomic mass is 10.0. The molecule has 0 aromatic heterocycles. The van der Waals surface area contributed by atoms with E-state index < -0.39 is 0 Å². The number of hydrogen-bond donors (Lipinski definition) is 1. The van der Waals surface area contributed by atoms with Gasteiger partial charge in [0.05, 0.1) is 0 Å². The van der Waals surface area contributed by atoms with Crippen LogP contribution in [0.25, 0.3) is 0 Å². The van der Waals surface area contributed by atoms with Crippen molar-refractivity contribution in [2.24, 2.45) is 0 Å². The highest BCUT2D eigenvalue weighted by Gasteiger charge is 1.93. The van der Waals surface area contributed by atoms with E-state index in [2.05, 4.69) is 27.4 Å². The van der Waals surface area contributed by atoms with Crippen LogP contribution in [0.1, 0.15) is 96.8 Å². The first kappa shape index (κ1) is 22.0. The molecule has 0 atom stereocenters. The Hall–Kier alpha value is 0.730. The summed E-state index contributed by atoms with van der Waals surface area (Å²) >= 11 is 3.24. The van der Waals surface area contributed by atoms with E-state index in [9.17, 15) is 0 Å². The summed E-state index contributed by atoms with van der Waals surface area (Å²) in [4.78, 5) is 0. The lowest BCUT2D eigenvalue weighted by Crippen LogP contribution is -1.98. The summed E-state index contributed by atoms with van der Waals surface area (Å²) in [7, 11) is 0. The van der Waals surface area contributed by atoms with Crippen molar-refractivity contribution in [3.8, 4) is 0 Å². The summed E-state index contributed by atoms with van der Waals surface area (Å²) < 4.78 is 3.02. The fraction of sp³-hybridized carbons (Fsp3) is 1.00. The van der Waals surface area contributed by atoms with Crippen LogP contribution >= 0.6 is 28.6 Å². The fourth-order valence-electron chi connectivity index (χ4n) is 2.39. The van der Waals surface area contributed by atoms with Crippen molar-refractivity contribution < 1.29 is 0 Å². The van der Waals surface area contributed by atoms with Gasteiger partial charge in [-0.3, -0.25) is 4.34 Å². The predicted octanol–water partition coefficient (Wildman–Crippen LogP) is 6.79. The van der Waals surface area contributed by atoms with Crippen molar-refractivity contribution in [1.82, 2.24) is 4.34 Å². The molecule has 0 aromatic rings. The van der Waals surface area contributed by atoms with Crippen LogP contribution in [0, 0.1) is 0 Å². The van der Waals surface area contributed by atoms with Crippen LogP contribution in [0.2, 0.25) is 0 Å². The highest BCUT2D eigenvalue weighted by molar-refractivity contribution is 9.08. The Bertz CT molecular complexity index is 129. The zero-order chi connectivity index (χ0) is 13.3. The summed E-state index contributed by atoms with van der Waals surface area (Å²) in [5.74, 6) is 0. The van der Waals surface area contributed by atoms with E-state index in [1.807, 2.05) is 0 Å². The number of nitrogens with one attached hydrogen (secondary N) is 1. The molecule has 0 rings (SSSR count). The van der Waals surface area contributed by atoms with Gasteiger partial charge in [0.2, 0.25) is 0 Å². The largest absolute Gasteiger partial charge is 0.256 e. The first-order valence-electron chi connectivity index (χ1n) is 8.25. The minimum Gasteiger partial charge on any atom is -0.256 e. The first-order valence-corrected chi connectivity index (χ1v) is 9.04. The van der Waals surface area contributed by atoms with Crippen molar-refractivity contribution in [1.29, 1.82) is 0 Å². The van der Waals surface area contributed by atoms with Crippen LogP contribution in [0.5, 0.6) is 0 Å². The molecule has 0 radical (unpaired) electrons. The topological polar surface area (TPSA) is 12.0 Å². The first-order chi connectivity index (χ1) is 8.91. The van der Waals surface area contributed by atoms with Crippen molar-refractivity contribution in [2.45, 2.75) is 96.8 Å². The fourth-order valence-corrected chi connectivity index (χ4v) is 2.67. The van der Waals surface area contributed by atoms with Crippen LogP contribution in [-0.4, -0.2) is 6.54 Å². The maximum Gasteiger partial charge on any atom is 0.00875 e. The van der Waals surface area contributed by atoms with Gasteiger partial charge in [-0.1, -0.05) is 90.4 Å². The van der Waals surface area contributed by atoms with Crippen LogP contribution in [0.15, 0.2) is 0 Å². The van der Waals surface area contributed by atoms with Gasteiger partial charge in [0, 0.05) is 22.7 Å². The van der Waals surface area contributed by atoms with E-state index in [1.54, 1.807) is 0 Å². The molecule has 0 aliphatic heterocycles. The van der Waals surface area contributed by atoms with E-state index >= 15 is 0 Å². The maximum absolute atomic E-state index is 3.24. The third-order valence-corrected chi connectivity index (χ3v) is 4.02. The average Bonchev–Trinajstić information content (AvgIpc) is 2.39.